The highest BCUT2D eigenvalue weighted by Crippen LogP contribution is 2.32. The van der Waals surface area contributed by atoms with Crippen LogP contribution in [-0.2, 0) is 11.0 Å². The van der Waals surface area contributed by atoms with Crippen molar-refractivity contribution in [3.63, 3.8) is 0 Å². The first kappa shape index (κ1) is 19.4. The molecule has 2 aromatic carbocycles. The Hall–Kier alpha value is -3.36. The lowest BCUT2D eigenvalue weighted by atomic mass is 10.1. The second kappa shape index (κ2) is 7.71. The number of aromatic nitrogens is 3. The SMILES string of the molecule is CCOc1nc(-c2cccc(C(F)(F)F)c2)n(-c2ccc(NC(C)=O)cc2)n1. The Morgan fingerprint density at radius 3 is 2.50 bits per heavy atom. The zero-order chi connectivity index (χ0) is 20.3. The topological polar surface area (TPSA) is 69.0 Å². The fourth-order valence-corrected chi connectivity index (χ4v) is 2.57. The number of carbonyl (C=O) groups excluding carboxylic acids is 1. The highest BCUT2D eigenvalue weighted by molar-refractivity contribution is 5.88. The lowest BCUT2D eigenvalue weighted by Gasteiger charge is -2.10. The summed E-state index contributed by atoms with van der Waals surface area (Å²) in [5.74, 6) is -0.00128. The van der Waals surface area contributed by atoms with Gasteiger partial charge in [0.2, 0.25) is 5.91 Å². The Morgan fingerprint density at radius 2 is 1.89 bits per heavy atom. The van der Waals surface area contributed by atoms with Crippen LogP contribution < -0.4 is 10.1 Å². The van der Waals surface area contributed by atoms with Crippen LogP contribution in [0.15, 0.2) is 48.5 Å². The van der Waals surface area contributed by atoms with Crippen LogP contribution in [0, 0.1) is 0 Å². The minimum atomic E-state index is -4.47. The van der Waals surface area contributed by atoms with Crippen molar-refractivity contribution in [3.05, 3.63) is 54.1 Å². The molecule has 6 nitrogen and oxygen atoms in total. The molecule has 1 aromatic heterocycles. The van der Waals surface area contributed by atoms with E-state index in [2.05, 4.69) is 15.4 Å². The standard InChI is InChI=1S/C19H17F3N4O2/c1-3-28-18-24-17(13-5-4-6-14(11-13)19(20,21)22)26(25-18)16-9-7-15(8-10-16)23-12(2)27/h4-11H,3H2,1-2H3,(H,23,27). The van der Waals surface area contributed by atoms with E-state index in [1.807, 2.05) is 0 Å². The van der Waals surface area contributed by atoms with E-state index in [4.69, 9.17) is 4.74 Å². The summed E-state index contributed by atoms with van der Waals surface area (Å²) in [6, 6.07) is 11.6. The van der Waals surface area contributed by atoms with E-state index in [0.717, 1.165) is 12.1 Å². The number of anilines is 1. The third-order valence-electron chi connectivity index (χ3n) is 3.74. The van der Waals surface area contributed by atoms with Crippen molar-refractivity contribution in [1.29, 1.82) is 0 Å². The van der Waals surface area contributed by atoms with Crippen molar-refractivity contribution in [2.75, 3.05) is 11.9 Å². The van der Waals surface area contributed by atoms with Crippen molar-refractivity contribution < 1.29 is 22.7 Å². The zero-order valence-electron chi connectivity index (χ0n) is 15.1. The second-order valence-electron chi connectivity index (χ2n) is 5.87. The number of ether oxygens (including phenoxy) is 1. The van der Waals surface area contributed by atoms with E-state index in [-0.39, 0.29) is 23.3 Å². The Morgan fingerprint density at radius 1 is 1.18 bits per heavy atom. The van der Waals surface area contributed by atoms with Gasteiger partial charge in [0.1, 0.15) is 0 Å². The third kappa shape index (κ3) is 4.30. The van der Waals surface area contributed by atoms with Gasteiger partial charge in [-0.25, -0.2) is 4.68 Å². The highest BCUT2D eigenvalue weighted by Gasteiger charge is 2.31. The average molecular weight is 390 g/mol. The predicted molar refractivity (Wildman–Crippen MR) is 97.3 cm³/mol. The van der Waals surface area contributed by atoms with Gasteiger partial charge in [0.15, 0.2) is 5.82 Å². The van der Waals surface area contributed by atoms with Gasteiger partial charge in [-0.3, -0.25) is 4.79 Å². The van der Waals surface area contributed by atoms with Crippen LogP contribution in [0.5, 0.6) is 6.01 Å². The maximum atomic E-state index is 13.1. The molecule has 28 heavy (non-hydrogen) atoms. The summed E-state index contributed by atoms with van der Waals surface area (Å²) in [6.45, 7) is 3.46. The Labute approximate surface area is 159 Å². The number of carbonyl (C=O) groups is 1. The summed E-state index contributed by atoms with van der Waals surface area (Å²) < 4.78 is 46.0. The Bertz CT molecular complexity index is 982. The molecule has 3 aromatic rings. The van der Waals surface area contributed by atoms with Gasteiger partial charge in [-0.15, -0.1) is 5.10 Å². The lowest BCUT2D eigenvalue weighted by Crippen LogP contribution is -2.07. The van der Waals surface area contributed by atoms with Gasteiger partial charge in [0.05, 0.1) is 17.9 Å². The molecule has 0 saturated carbocycles. The van der Waals surface area contributed by atoms with Gasteiger partial charge in [-0.2, -0.15) is 18.2 Å². The Kier molecular flexibility index (Phi) is 5.34. The first-order valence-corrected chi connectivity index (χ1v) is 8.43. The fraction of sp³-hybridized carbons (Fsp3) is 0.211. The molecule has 146 valence electrons. The number of hydrogen-bond donors (Lipinski definition) is 1. The van der Waals surface area contributed by atoms with E-state index >= 15 is 0 Å². The smallest absolute Gasteiger partial charge is 0.416 e. The number of benzene rings is 2. The maximum Gasteiger partial charge on any atom is 0.416 e. The molecule has 0 aliphatic carbocycles. The minimum Gasteiger partial charge on any atom is -0.463 e. The number of hydrogen-bond acceptors (Lipinski definition) is 4. The van der Waals surface area contributed by atoms with Gasteiger partial charge in [0.25, 0.3) is 0 Å². The van der Waals surface area contributed by atoms with Crippen molar-refractivity contribution in [2.45, 2.75) is 20.0 Å². The van der Waals surface area contributed by atoms with E-state index in [0.29, 0.717) is 18.0 Å². The number of halogens is 3. The van der Waals surface area contributed by atoms with Crippen molar-refractivity contribution in [1.82, 2.24) is 14.8 Å². The van der Waals surface area contributed by atoms with Crippen LogP contribution >= 0.6 is 0 Å². The van der Waals surface area contributed by atoms with Crippen LogP contribution in [-0.4, -0.2) is 27.3 Å². The van der Waals surface area contributed by atoms with Crippen LogP contribution in [0.2, 0.25) is 0 Å². The van der Waals surface area contributed by atoms with E-state index < -0.39 is 11.7 Å². The third-order valence-corrected chi connectivity index (χ3v) is 3.74. The van der Waals surface area contributed by atoms with Crippen LogP contribution in [0.3, 0.4) is 0 Å². The summed E-state index contributed by atoms with van der Waals surface area (Å²) in [6.07, 6.45) is -4.47. The molecule has 0 unspecified atom stereocenters. The van der Waals surface area contributed by atoms with Crippen molar-refractivity contribution in [3.8, 4) is 23.1 Å². The van der Waals surface area contributed by atoms with Crippen LogP contribution in [0.25, 0.3) is 17.1 Å². The molecule has 0 aliphatic heterocycles. The van der Waals surface area contributed by atoms with Gasteiger partial charge < -0.3 is 10.1 Å². The molecule has 1 amide bonds. The maximum absolute atomic E-state index is 13.1. The highest BCUT2D eigenvalue weighted by atomic mass is 19.4. The first-order valence-electron chi connectivity index (χ1n) is 8.43. The Balaban J connectivity index is 2.06. The molecule has 0 fully saturated rings. The molecule has 0 bridgehead atoms. The monoisotopic (exact) mass is 390 g/mol. The number of alkyl halides is 3. The second-order valence-corrected chi connectivity index (χ2v) is 5.87. The summed E-state index contributed by atoms with van der Waals surface area (Å²) in [5, 5.41) is 6.89. The zero-order valence-corrected chi connectivity index (χ0v) is 15.1. The summed E-state index contributed by atoms with van der Waals surface area (Å²) in [4.78, 5) is 15.4. The first-order chi connectivity index (χ1) is 13.3. The number of nitrogens with zero attached hydrogens (tertiary/aromatic N) is 3. The van der Waals surface area contributed by atoms with Gasteiger partial charge >= 0.3 is 12.2 Å². The molecule has 0 atom stereocenters. The van der Waals surface area contributed by atoms with Gasteiger partial charge in [0, 0.05) is 18.2 Å². The predicted octanol–water partition coefficient (Wildman–Crippen LogP) is 4.31. The quantitative estimate of drug-likeness (QED) is 0.705. The van der Waals surface area contributed by atoms with Crippen molar-refractivity contribution in [2.24, 2.45) is 0 Å². The molecular weight excluding hydrogens is 373 g/mol. The fourth-order valence-electron chi connectivity index (χ4n) is 2.57. The molecule has 0 aliphatic rings. The van der Waals surface area contributed by atoms with Crippen LogP contribution in [0.4, 0.5) is 18.9 Å². The van der Waals surface area contributed by atoms with E-state index in [9.17, 15) is 18.0 Å². The van der Waals surface area contributed by atoms with Gasteiger partial charge in [-0.05, 0) is 43.3 Å². The molecule has 0 saturated heterocycles. The van der Waals surface area contributed by atoms with Crippen molar-refractivity contribution >= 4 is 11.6 Å². The normalized spacial score (nSPS) is 11.3. The molecule has 9 heteroatoms. The van der Waals surface area contributed by atoms with E-state index in [1.54, 1.807) is 31.2 Å². The summed E-state index contributed by atoms with van der Waals surface area (Å²) >= 11 is 0. The number of amides is 1. The molecule has 1 N–H and O–H groups in total. The molecule has 0 spiro atoms. The molecule has 3 rings (SSSR count). The van der Waals surface area contributed by atoms with Gasteiger partial charge in [-0.1, -0.05) is 12.1 Å². The molecule has 0 radical (unpaired) electrons. The molecule has 1 heterocycles. The molecular formula is C19H17F3N4O2. The van der Waals surface area contributed by atoms with E-state index in [1.165, 1.54) is 23.7 Å². The minimum absolute atomic E-state index is 0.0563. The number of nitrogens with one attached hydrogen (secondary N) is 1. The summed E-state index contributed by atoms with van der Waals surface area (Å²) in [7, 11) is 0. The summed E-state index contributed by atoms with van der Waals surface area (Å²) in [5.41, 5.74) is 0.611. The average Bonchev–Trinajstić information content (AvgIpc) is 3.05. The lowest BCUT2D eigenvalue weighted by molar-refractivity contribution is -0.137. The number of rotatable bonds is 5. The largest absolute Gasteiger partial charge is 0.463 e. The van der Waals surface area contributed by atoms with Crippen LogP contribution in [0.1, 0.15) is 19.4 Å².